The first kappa shape index (κ1) is 30.5. The van der Waals surface area contributed by atoms with Crippen LogP contribution in [0.25, 0.3) is 11.5 Å². The lowest BCUT2D eigenvalue weighted by atomic mass is 10.0. The van der Waals surface area contributed by atoms with E-state index in [9.17, 15) is 33.8 Å². The van der Waals surface area contributed by atoms with Crippen molar-refractivity contribution in [1.82, 2.24) is 0 Å². The summed E-state index contributed by atoms with van der Waals surface area (Å²) in [6.07, 6.45) is 0. The van der Waals surface area contributed by atoms with E-state index in [1.54, 1.807) is 24.3 Å². The summed E-state index contributed by atoms with van der Waals surface area (Å²) in [5.74, 6) is -0.396. The molecule has 0 heterocycles. The zero-order valence-electron chi connectivity index (χ0n) is 22.2. The number of para-hydroxylation sites is 1. The van der Waals surface area contributed by atoms with Crippen LogP contribution in [0.15, 0.2) is 54.6 Å². The fourth-order valence-corrected chi connectivity index (χ4v) is 4.47. The number of amides is 1. The minimum absolute atomic E-state index is 0.0163. The van der Waals surface area contributed by atoms with E-state index in [1.807, 2.05) is 0 Å². The zero-order chi connectivity index (χ0) is 30.3. The molecule has 2 N–H and O–H groups in total. The molecular formula is C26H25N3O11S. The van der Waals surface area contributed by atoms with Crippen LogP contribution in [0.5, 0.6) is 11.5 Å². The Kier molecular flexibility index (Phi) is 9.95. The standard InChI is InChI=1S/C26H25N3O11S/c1-37-22-8-6-5-7-19(22)24(39-3)25(40-4)20-13-23(38-2)21(11-16(20)14-41(35)36)27-26(30)15-9-17(28(31)32)12-18(10-15)29(33)34/h5-13H,14H2,1-4H3,(H,27,30)(H,35,36). The number of ether oxygens (including phenoxy) is 4. The van der Waals surface area contributed by atoms with Crippen molar-refractivity contribution in [2.45, 2.75) is 5.75 Å². The number of nitro groups is 2. The number of nitrogens with zero attached hydrogens (tertiary/aromatic N) is 2. The van der Waals surface area contributed by atoms with Gasteiger partial charge < -0.3 is 28.8 Å². The van der Waals surface area contributed by atoms with Gasteiger partial charge in [0.1, 0.15) is 11.5 Å². The minimum Gasteiger partial charge on any atom is -0.496 e. The van der Waals surface area contributed by atoms with Gasteiger partial charge in [-0.15, -0.1) is 0 Å². The van der Waals surface area contributed by atoms with Gasteiger partial charge in [0.15, 0.2) is 22.6 Å². The van der Waals surface area contributed by atoms with E-state index in [0.29, 0.717) is 16.9 Å². The molecule has 0 radical (unpaired) electrons. The van der Waals surface area contributed by atoms with Gasteiger partial charge in [-0.05, 0) is 29.8 Å². The number of hydrogen-bond donors (Lipinski definition) is 2. The van der Waals surface area contributed by atoms with Gasteiger partial charge in [0.2, 0.25) is 0 Å². The summed E-state index contributed by atoms with van der Waals surface area (Å²) in [5.41, 5.74) is -0.606. The Morgan fingerprint density at radius 1 is 0.854 bits per heavy atom. The van der Waals surface area contributed by atoms with Crippen LogP contribution >= 0.6 is 0 Å². The second-order valence-electron chi connectivity index (χ2n) is 8.15. The van der Waals surface area contributed by atoms with Crippen LogP contribution in [-0.4, -0.2) is 53.0 Å². The molecule has 0 aliphatic carbocycles. The van der Waals surface area contributed by atoms with E-state index in [1.165, 1.54) is 40.6 Å². The third kappa shape index (κ3) is 6.95. The van der Waals surface area contributed by atoms with Gasteiger partial charge in [0, 0.05) is 17.7 Å². The van der Waals surface area contributed by atoms with Gasteiger partial charge in [-0.2, -0.15) is 0 Å². The maximum Gasteiger partial charge on any atom is 0.277 e. The van der Waals surface area contributed by atoms with Crippen LogP contribution in [0, 0.1) is 20.2 Å². The maximum absolute atomic E-state index is 13.1. The first-order valence-corrected chi connectivity index (χ1v) is 12.8. The Balaban J connectivity index is 2.20. The lowest BCUT2D eigenvalue weighted by molar-refractivity contribution is -0.394. The van der Waals surface area contributed by atoms with Crippen LogP contribution in [0.1, 0.15) is 27.0 Å². The molecule has 0 saturated carbocycles. The lowest BCUT2D eigenvalue weighted by Crippen LogP contribution is -2.14. The lowest BCUT2D eigenvalue weighted by Gasteiger charge is -2.20. The number of carbonyl (C=O) groups excluding carboxylic acids is 1. The largest absolute Gasteiger partial charge is 0.496 e. The summed E-state index contributed by atoms with van der Waals surface area (Å²) >= 11 is -2.34. The molecule has 1 unspecified atom stereocenters. The molecule has 1 amide bonds. The Morgan fingerprint density at radius 2 is 1.41 bits per heavy atom. The molecule has 1 atom stereocenters. The van der Waals surface area contributed by atoms with Crippen molar-refractivity contribution >= 4 is 45.6 Å². The highest BCUT2D eigenvalue weighted by atomic mass is 32.2. The van der Waals surface area contributed by atoms with E-state index in [4.69, 9.17) is 18.9 Å². The van der Waals surface area contributed by atoms with Gasteiger partial charge in [-0.25, -0.2) is 4.21 Å². The van der Waals surface area contributed by atoms with Crippen molar-refractivity contribution in [1.29, 1.82) is 0 Å². The van der Waals surface area contributed by atoms with E-state index in [-0.39, 0.29) is 34.1 Å². The number of non-ortho nitro benzene ring substituents is 2. The number of rotatable bonds is 12. The first-order chi connectivity index (χ1) is 19.5. The van der Waals surface area contributed by atoms with Crippen molar-refractivity contribution in [3.63, 3.8) is 0 Å². The molecular weight excluding hydrogens is 562 g/mol. The Bertz CT molecular complexity index is 1520. The van der Waals surface area contributed by atoms with Crippen LogP contribution < -0.4 is 14.8 Å². The fourth-order valence-electron chi connectivity index (χ4n) is 3.97. The second kappa shape index (κ2) is 13.4. The number of anilines is 1. The second-order valence-corrected chi connectivity index (χ2v) is 9.08. The molecule has 0 fully saturated rings. The molecule has 3 rings (SSSR count). The van der Waals surface area contributed by atoms with Crippen LogP contribution in [0.3, 0.4) is 0 Å². The predicted octanol–water partition coefficient (Wildman–Crippen LogP) is 4.61. The van der Waals surface area contributed by atoms with E-state index < -0.39 is 44.0 Å². The SMILES string of the molecule is COC(=C(OC)c1ccccc1OC)c1cc(OC)c(NC(=O)c2cc([N+](=O)[O-])cc([N+](=O)[O-])c2)cc1CS(=O)O. The number of nitro benzene ring substituents is 2. The maximum atomic E-state index is 13.1. The third-order valence-electron chi connectivity index (χ3n) is 5.75. The van der Waals surface area contributed by atoms with Crippen LogP contribution in [-0.2, 0) is 26.3 Å². The molecule has 0 aromatic heterocycles. The zero-order valence-corrected chi connectivity index (χ0v) is 23.1. The monoisotopic (exact) mass is 587 g/mol. The normalized spacial score (nSPS) is 12.0. The fraction of sp³-hybridized carbons (Fsp3) is 0.192. The Hall–Kier alpha value is -5.02. The molecule has 0 aliphatic heterocycles. The van der Waals surface area contributed by atoms with Crippen molar-refractivity contribution in [2.24, 2.45) is 0 Å². The Morgan fingerprint density at radius 3 is 1.93 bits per heavy atom. The third-order valence-corrected chi connectivity index (χ3v) is 6.31. The highest BCUT2D eigenvalue weighted by Gasteiger charge is 2.25. The predicted molar refractivity (Wildman–Crippen MR) is 149 cm³/mol. The molecule has 0 aliphatic rings. The number of nitrogens with one attached hydrogen (secondary N) is 1. The van der Waals surface area contributed by atoms with Gasteiger partial charge in [0.05, 0.1) is 66.9 Å². The summed E-state index contributed by atoms with van der Waals surface area (Å²) in [5, 5.41) is 25.0. The number of hydrogen-bond acceptors (Lipinski definition) is 10. The average Bonchev–Trinajstić information content (AvgIpc) is 2.95. The molecule has 3 aromatic carbocycles. The smallest absolute Gasteiger partial charge is 0.277 e. The van der Waals surface area contributed by atoms with Crippen LogP contribution in [0.4, 0.5) is 17.1 Å². The summed E-state index contributed by atoms with van der Waals surface area (Å²) in [4.78, 5) is 33.8. The summed E-state index contributed by atoms with van der Waals surface area (Å²) < 4.78 is 43.9. The molecule has 0 spiro atoms. The van der Waals surface area contributed by atoms with Crippen molar-refractivity contribution in [3.05, 3.63) is 97.1 Å². The molecule has 216 valence electrons. The number of methoxy groups -OCH3 is 4. The molecule has 41 heavy (non-hydrogen) atoms. The van der Waals surface area contributed by atoms with E-state index in [0.717, 1.165) is 18.2 Å². The van der Waals surface area contributed by atoms with E-state index >= 15 is 0 Å². The van der Waals surface area contributed by atoms with Gasteiger partial charge in [-0.1, -0.05) is 12.1 Å². The molecule has 14 nitrogen and oxygen atoms in total. The summed E-state index contributed by atoms with van der Waals surface area (Å²) in [6, 6.07) is 12.3. The van der Waals surface area contributed by atoms with Crippen molar-refractivity contribution in [3.8, 4) is 11.5 Å². The van der Waals surface area contributed by atoms with Gasteiger partial charge in [-0.3, -0.25) is 25.0 Å². The summed E-state index contributed by atoms with van der Waals surface area (Å²) in [6.45, 7) is 0. The van der Waals surface area contributed by atoms with Gasteiger partial charge >= 0.3 is 0 Å². The molecule has 15 heteroatoms. The number of benzene rings is 3. The highest BCUT2D eigenvalue weighted by molar-refractivity contribution is 7.78. The Labute approximate surface area is 236 Å². The average molecular weight is 588 g/mol. The topological polar surface area (TPSA) is 190 Å². The van der Waals surface area contributed by atoms with E-state index in [2.05, 4.69) is 5.32 Å². The summed E-state index contributed by atoms with van der Waals surface area (Å²) in [7, 11) is 5.58. The first-order valence-electron chi connectivity index (χ1n) is 11.5. The highest BCUT2D eigenvalue weighted by Crippen LogP contribution is 2.39. The number of carbonyl (C=O) groups is 1. The van der Waals surface area contributed by atoms with Crippen LogP contribution in [0.2, 0.25) is 0 Å². The minimum atomic E-state index is -2.34. The quantitative estimate of drug-likeness (QED) is 0.0989. The molecule has 3 aromatic rings. The van der Waals surface area contributed by atoms with Crippen molar-refractivity contribution < 1.29 is 42.4 Å². The van der Waals surface area contributed by atoms with Gasteiger partial charge in [0.25, 0.3) is 17.3 Å². The molecule has 0 bridgehead atoms. The van der Waals surface area contributed by atoms with Crippen molar-refractivity contribution in [2.75, 3.05) is 33.8 Å². The molecule has 0 saturated heterocycles.